The van der Waals surface area contributed by atoms with E-state index < -0.39 is 5.54 Å². The van der Waals surface area contributed by atoms with Crippen LogP contribution in [0.2, 0.25) is 0 Å². The zero-order chi connectivity index (χ0) is 16.2. The molecule has 1 aliphatic heterocycles. The van der Waals surface area contributed by atoms with Gasteiger partial charge in [-0.25, -0.2) is 0 Å². The molecule has 0 saturated carbocycles. The number of carbonyl (C=O) groups excluding carboxylic acids is 2. The Kier molecular flexibility index (Phi) is 7.03. The average molecular weight is 340 g/mol. The Morgan fingerprint density at radius 2 is 1.65 bits per heavy atom. The predicted molar refractivity (Wildman–Crippen MR) is 96.0 cm³/mol. The SMILES string of the molecule is CC(C)C(=O)Nc1ccc(NC(=O)C2(C)CCCCN2)cc1.Cl. The van der Waals surface area contributed by atoms with Gasteiger partial charge in [0.1, 0.15) is 0 Å². The Morgan fingerprint density at radius 3 is 2.13 bits per heavy atom. The fraction of sp³-hybridized carbons (Fsp3) is 0.529. The first-order chi connectivity index (χ1) is 10.4. The molecule has 3 N–H and O–H groups in total. The summed E-state index contributed by atoms with van der Waals surface area (Å²) in [7, 11) is 0. The van der Waals surface area contributed by atoms with Crippen molar-refractivity contribution in [2.75, 3.05) is 17.2 Å². The first kappa shape index (κ1) is 19.5. The van der Waals surface area contributed by atoms with Crippen molar-refractivity contribution in [3.8, 4) is 0 Å². The van der Waals surface area contributed by atoms with Gasteiger partial charge in [0.05, 0.1) is 5.54 Å². The lowest BCUT2D eigenvalue weighted by atomic mass is 9.90. The number of carbonyl (C=O) groups is 2. The zero-order valence-corrected chi connectivity index (χ0v) is 14.8. The summed E-state index contributed by atoms with van der Waals surface area (Å²) in [6, 6.07) is 7.21. The zero-order valence-electron chi connectivity index (χ0n) is 13.9. The Labute approximate surface area is 144 Å². The van der Waals surface area contributed by atoms with Gasteiger partial charge in [-0.15, -0.1) is 12.4 Å². The molecule has 0 bridgehead atoms. The van der Waals surface area contributed by atoms with Crippen LogP contribution in [-0.2, 0) is 9.59 Å². The number of hydrogen-bond donors (Lipinski definition) is 3. The van der Waals surface area contributed by atoms with Gasteiger partial charge < -0.3 is 16.0 Å². The molecule has 2 amide bonds. The summed E-state index contributed by atoms with van der Waals surface area (Å²) in [5.74, 6) is -0.0847. The standard InChI is InChI=1S/C17H25N3O2.ClH/c1-12(2)15(21)19-13-6-8-14(9-7-13)20-16(22)17(3)10-4-5-11-18-17;/h6-9,12,18H,4-5,10-11H2,1-3H3,(H,19,21)(H,20,22);1H. The fourth-order valence-corrected chi connectivity index (χ4v) is 2.44. The van der Waals surface area contributed by atoms with E-state index in [1.807, 2.05) is 20.8 Å². The van der Waals surface area contributed by atoms with E-state index in [4.69, 9.17) is 0 Å². The van der Waals surface area contributed by atoms with Crippen LogP contribution in [0.5, 0.6) is 0 Å². The van der Waals surface area contributed by atoms with E-state index in [-0.39, 0.29) is 30.1 Å². The molecule has 1 atom stereocenters. The Morgan fingerprint density at radius 1 is 1.09 bits per heavy atom. The second-order valence-corrected chi connectivity index (χ2v) is 6.39. The number of amides is 2. The van der Waals surface area contributed by atoms with Gasteiger partial charge in [-0.1, -0.05) is 13.8 Å². The summed E-state index contributed by atoms with van der Waals surface area (Å²) >= 11 is 0. The van der Waals surface area contributed by atoms with E-state index in [1.54, 1.807) is 24.3 Å². The predicted octanol–water partition coefficient (Wildman–Crippen LogP) is 3.17. The van der Waals surface area contributed by atoms with Crippen molar-refractivity contribution in [3.05, 3.63) is 24.3 Å². The molecule has 1 aromatic carbocycles. The molecule has 0 aliphatic carbocycles. The highest BCUT2D eigenvalue weighted by Crippen LogP contribution is 2.21. The highest BCUT2D eigenvalue weighted by Gasteiger charge is 2.34. The van der Waals surface area contributed by atoms with Crippen molar-refractivity contribution in [2.24, 2.45) is 5.92 Å². The topological polar surface area (TPSA) is 70.2 Å². The maximum Gasteiger partial charge on any atom is 0.244 e. The molecule has 1 heterocycles. The molecular weight excluding hydrogens is 314 g/mol. The van der Waals surface area contributed by atoms with E-state index in [1.165, 1.54) is 0 Å². The highest BCUT2D eigenvalue weighted by molar-refractivity contribution is 5.98. The number of rotatable bonds is 4. The third kappa shape index (κ3) is 5.22. The van der Waals surface area contributed by atoms with Gasteiger partial charge in [-0.05, 0) is 57.0 Å². The van der Waals surface area contributed by atoms with Crippen LogP contribution in [0.3, 0.4) is 0 Å². The van der Waals surface area contributed by atoms with Gasteiger partial charge in [0.2, 0.25) is 11.8 Å². The number of anilines is 2. The summed E-state index contributed by atoms with van der Waals surface area (Å²) in [5.41, 5.74) is 0.975. The lowest BCUT2D eigenvalue weighted by Gasteiger charge is -2.33. The lowest BCUT2D eigenvalue weighted by Crippen LogP contribution is -2.54. The number of nitrogens with one attached hydrogen (secondary N) is 3. The van der Waals surface area contributed by atoms with Gasteiger partial charge in [-0.2, -0.15) is 0 Å². The summed E-state index contributed by atoms with van der Waals surface area (Å²) < 4.78 is 0. The van der Waals surface area contributed by atoms with Gasteiger partial charge in [0.25, 0.3) is 0 Å². The summed E-state index contributed by atoms with van der Waals surface area (Å²) in [4.78, 5) is 24.0. The van der Waals surface area contributed by atoms with Gasteiger partial charge in [-0.3, -0.25) is 9.59 Å². The van der Waals surface area contributed by atoms with Crippen LogP contribution in [-0.4, -0.2) is 23.9 Å². The molecule has 5 nitrogen and oxygen atoms in total. The third-order valence-corrected chi connectivity index (χ3v) is 4.05. The van der Waals surface area contributed by atoms with E-state index in [0.717, 1.165) is 37.2 Å². The number of benzene rings is 1. The van der Waals surface area contributed by atoms with Gasteiger partial charge in [0, 0.05) is 17.3 Å². The first-order valence-corrected chi connectivity index (χ1v) is 7.88. The minimum absolute atomic E-state index is 0. The normalized spacial score (nSPS) is 20.5. The average Bonchev–Trinajstić information content (AvgIpc) is 2.49. The lowest BCUT2D eigenvalue weighted by molar-refractivity contribution is -0.122. The quantitative estimate of drug-likeness (QED) is 0.789. The van der Waals surface area contributed by atoms with E-state index >= 15 is 0 Å². The summed E-state index contributed by atoms with van der Waals surface area (Å²) in [6.45, 7) is 6.52. The molecule has 1 saturated heterocycles. The minimum Gasteiger partial charge on any atom is -0.326 e. The molecule has 1 aromatic rings. The molecule has 0 spiro atoms. The number of halogens is 1. The number of hydrogen-bond acceptors (Lipinski definition) is 3. The maximum absolute atomic E-state index is 12.4. The molecule has 128 valence electrons. The van der Waals surface area contributed by atoms with E-state index in [2.05, 4.69) is 16.0 Å². The van der Waals surface area contributed by atoms with Crippen LogP contribution in [0.4, 0.5) is 11.4 Å². The summed E-state index contributed by atoms with van der Waals surface area (Å²) in [5, 5.41) is 9.07. The second-order valence-electron chi connectivity index (χ2n) is 6.39. The fourth-order valence-electron chi connectivity index (χ4n) is 2.44. The van der Waals surface area contributed by atoms with Crippen molar-refractivity contribution in [2.45, 2.75) is 45.6 Å². The van der Waals surface area contributed by atoms with E-state index in [0.29, 0.717) is 0 Å². The monoisotopic (exact) mass is 339 g/mol. The van der Waals surface area contributed by atoms with Crippen molar-refractivity contribution in [1.82, 2.24) is 5.32 Å². The second kappa shape index (κ2) is 8.31. The Hall–Kier alpha value is -1.59. The Bertz CT molecular complexity index is 537. The van der Waals surface area contributed by atoms with Crippen LogP contribution in [0.1, 0.15) is 40.0 Å². The minimum atomic E-state index is -0.497. The number of piperidine rings is 1. The van der Waals surface area contributed by atoms with Crippen LogP contribution < -0.4 is 16.0 Å². The molecule has 6 heteroatoms. The molecule has 2 rings (SSSR count). The molecular formula is C17H26ClN3O2. The third-order valence-electron chi connectivity index (χ3n) is 4.05. The Balaban J connectivity index is 0.00000264. The highest BCUT2D eigenvalue weighted by atomic mass is 35.5. The molecule has 1 fully saturated rings. The van der Waals surface area contributed by atoms with Crippen molar-refractivity contribution in [1.29, 1.82) is 0 Å². The van der Waals surface area contributed by atoms with Crippen molar-refractivity contribution < 1.29 is 9.59 Å². The van der Waals surface area contributed by atoms with Crippen LogP contribution in [0, 0.1) is 5.92 Å². The van der Waals surface area contributed by atoms with E-state index in [9.17, 15) is 9.59 Å². The molecule has 1 aliphatic rings. The maximum atomic E-state index is 12.4. The molecule has 23 heavy (non-hydrogen) atoms. The smallest absolute Gasteiger partial charge is 0.244 e. The van der Waals surface area contributed by atoms with Crippen LogP contribution in [0.25, 0.3) is 0 Å². The van der Waals surface area contributed by atoms with Gasteiger partial charge in [0.15, 0.2) is 0 Å². The van der Waals surface area contributed by atoms with Crippen molar-refractivity contribution in [3.63, 3.8) is 0 Å². The van der Waals surface area contributed by atoms with Crippen LogP contribution >= 0.6 is 12.4 Å². The molecule has 0 radical (unpaired) electrons. The van der Waals surface area contributed by atoms with Crippen LogP contribution in [0.15, 0.2) is 24.3 Å². The van der Waals surface area contributed by atoms with Crippen molar-refractivity contribution >= 4 is 35.6 Å². The first-order valence-electron chi connectivity index (χ1n) is 7.88. The summed E-state index contributed by atoms with van der Waals surface area (Å²) in [6.07, 6.45) is 3.03. The van der Waals surface area contributed by atoms with Gasteiger partial charge >= 0.3 is 0 Å². The molecule has 0 aromatic heterocycles. The molecule has 1 unspecified atom stereocenters. The largest absolute Gasteiger partial charge is 0.326 e.